The molecule has 2 fully saturated rings. The molecule has 0 aromatic carbocycles. The minimum atomic E-state index is 0.373. The Morgan fingerprint density at radius 2 is 1.84 bits per heavy atom. The van der Waals surface area contributed by atoms with Crippen molar-refractivity contribution in [3.05, 3.63) is 17.7 Å². The molecular weight excluding hydrogens is 236 g/mol. The molecule has 1 saturated carbocycles. The van der Waals surface area contributed by atoms with Crippen molar-refractivity contribution in [1.29, 1.82) is 0 Å². The Morgan fingerprint density at radius 3 is 2.53 bits per heavy atom. The third-order valence-electron chi connectivity index (χ3n) is 4.54. The molecule has 0 amide bonds. The van der Waals surface area contributed by atoms with Crippen molar-refractivity contribution < 1.29 is 0 Å². The molecular formula is C15H24N4. The quantitative estimate of drug-likeness (QED) is 0.887. The Labute approximate surface area is 115 Å². The zero-order valence-corrected chi connectivity index (χ0v) is 11.8. The summed E-state index contributed by atoms with van der Waals surface area (Å²) in [5.41, 5.74) is 8.56. The largest absolute Gasteiger partial charge is 0.369 e. The van der Waals surface area contributed by atoms with Gasteiger partial charge in [0.25, 0.3) is 0 Å². The minimum absolute atomic E-state index is 0.373. The Balaban J connectivity index is 1.87. The van der Waals surface area contributed by atoms with E-state index in [1.807, 2.05) is 13.1 Å². The summed E-state index contributed by atoms with van der Waals surface area (Å²) in [6, 6.07) is 0.373. The monoisotopic (exact) mass is 260 g/mol. The van der Waals surface area contributed by atoms with Crippen LogP contribution in [0.25, 0.3) is 0 Å². The van der Waals surface area contributed by atoms with Gasteiger partial charge < -0.3 is 10.6 Å². The first-order valence-corrected chi connectivity index (χ1v) is 7.58. The highest BCUT2D eigenvalue weighted by Crippen LogP contribution is 2.38. The number of piperidine rings is 1. The lowest BCUT2D eigenvalue weighted by Crippen LogP contribution is -2.40. The average Bonchev–Trinajstić information content (AvgIpc) is 2.94. The van der Waals surface area contributed by atoms with Gasteiger partial charge in [-0.05, 0) is 32.6 Å². The Kier molecular flexibility index (Phi) is 3.69. The van der Waals surface area contributed by atoms with E-state index in [0.717, 1.165) is 31.8 Å². The standard InChI is InChI=1S/C15H24N4/c1-11-17-10-14(19-8-6-13(16)7-9-19)15(18-11)12-4-2-3-5-12/h10,12-13H,2-9,16H2,1H3. The van der Waals surface area contributed by atoms with Crippen molar-refractivity contribution in [2.45, 2.75) is 57.4 Å². The van der Waals surface area contributed by atoms with Crippen molar-refractivity contribution in [2.75, 3.05) is 18.0 Å². The summed E-state index contributed by atoms with van der Waals surface area (Å²) in [5, 5.41) is 0. The van der Waals surface area contributed by atoms with Crippen LogP contribution in [0.3, 0.4) is 0 Å². The van der Waals surface area contributed by atoms with E-state index < -0.39 is 0 Å². The summed E-state index contributed by atoms with van der Waals surface area (Å²) in [5.74, 6) is 1.55. The number of anilines is 1. The van der Waals surface area contributed by atoms with E-state index in [4.69, 9.17) is 10.7 Å². The molecule has 1 saturated heterocycles. The molecule has 1 aromatic heterocycles. The van der Waals surface area contributed by atoms with Crippen molar-refractivity contribution in [1.82, 2.24) is 9.97 Å². The van der Waals surface area contributed by atoms with E-state index in [2.05, 4.69) is 9.88 Å². The normalized spacial score (nSPS) is 22.1. The summed E-state index contributed by atoms with van der Waals surface area (Å²) in [6.07, 6.45) is 9.46. The number of aromatic nitrogens is 2. The summed E-state index contributed by atoms with van der Waals surface area (Å²) >= 11 is 0. The van der Waals surface area contributed by atoms with Crippen molar-refractivity contribution in [2.24, 2.45) is 5.73 Å². The molecule has 1 aliphatic carbocycles. The van der Waals surface area contributed by atoms with Crippen molar-refractivity contribution in [3.63, 3.8) is 0 Å². The highest BCUT2D eigenvalue weighted by Gasteiger charge is 2.26. The second-order valence-corrected chi connectivity index (χ2v) is 5.99. The first kappa shape index (κ1) is 12.9. The molecule has 0 radical (unpaired) electrons. The topological polar surface area (TPSA) is 55.0 Å². The second-order valence-electron chi connectivity index (χ2n) is 5.99. The van der Waals surface area contributed by atoms with Crippen molar-refractivity contribution >= 4 is 5.69 Å². The molecule has 0 bridgehead atoms. The van der Waals surface area contributed by atoms with Gasteiger partial charge in [0.2, 0.25) is 0 Å². The van der Waals surface area contributed by atoms with Crippen molar-refractivity contribution in [3.8, 4) is 0 Å². The molecule has 0 atom stereocenters. The first-order valence-electron chi connectivity index (χ1n) is 7.58. The van der Waals surface area contributed by atoms with Crippen LogP contribution in [0.15, 0.2) is 6.20 Å². The van der Waals surface area contributed by atoms with E-state index in [1.54, 1.807) is 0 Å². The molecule has 19 heavy (non-hydrogen) atoms. The van der Waals surface area contributed by atoms with Crippen LogP contribution in [-0.2, 0) is 0 Å². The van der Waals surface area contributed by atoms with Crippen LogP contribution < -0.4 is 10.6 Å². The molecule has 3 rings (SSSR count). The maximum absolute atomic E-state index is 6.00. The van der Waals surface area contributed by atoms with Gasteiger partial charge in [0.05, 0.1) is 17.6 Å². The van der Waals surface area contributed by atoms with Crippen LogP contribution in [0.4, 0.5) is 5.69 Å². The Hall–Kier alpha value is -1.16. The zero-order valence-electron chi connectivity index (χ0n) is 11.8. The summed E-state index contributed by atoms with van der Waals surface area (Å²) in [6.45, 7) is 4.09. The molecule has 104 valence electrons. The molecule has 1 aromatic rings. The van der Waals surface area contributed by atoms with Gasteiger partial charge in [-0.1, -0.05) is 12.8 Å². The van der Waals surface area contributed by atoms with Gasteiger partial charge in [-0.2, -0.15) is 0 Å². The third-order valence-corrected chi connectivity index (χ3v) is 4.54. The molecule has 4 nitrogen and oxygen atoms in total. The minimum Gasteiger partial charge on any atom is -0.369 e. The molecule has 0 unspecified atom stereocenters. The number of hydrogen-bond acceptors (Lipinski definition) is 4. The molecule has 4 heteroatoms. The summed E-state index contributed by atoms with van der Waals surface area (Å²) in [4.78, 5) is 11.6. The summed E-state index contributed by atoms with van der Waals surface area (Å²) < 4.78 is 0. The molecule has 1 aliphatic heterocycles. The highest BCUT2D eigenvalue weighted by atomic mass is 15.2. The maximum atomic E-state index is 6.00. The first-order chi connectivity index (χ1) is 9.24. The second kappa shape index (κ2) is 5.45. The predicted molar refractivity (Wildman–Crippen MR) is 77.4 cm³/mol. The molecule has 0 spiro atoms. The number of nitrogens with zero attached hydrogens (tertiary/aromatic N) is 3. The van der Waals surface area contributed by atoms with Gasteiger partial charge in [0.1, 0.15) is 5.82 Å². The van der Waals surface area contributed by atoms with Gasteiger partial charge in [0.15, 0.2) is 0 Å². The maximum Gasteiger partial charge on any atom is 0.125 e. The number of hydrogen-bond donors (Lipinski definition) is 1. The fourth-order valence-electron chi connectivity index (χ4n) is 3.36. The van der Waals surface area contributed by atoms with Gasteiger partial charge >= 0.3 is 0 Å². The lowest BCUT2D eigenvalue weighted by Gasteiger charge is -2.33. The zero-order chi connectivity index (χ0) is 13.2. The van der Waals surface area contributed by atoms with Crippen LogP contribution in [0.2, 0.25) is 0 Å². The van der Waals surface area contributed by atoms with Crippen LogP contribution in [0.5, 0.6) is 0 Å². The van der Waals surface area contributed by atoms with Crippen LogP contribution >= 0.6 is 0 Å². The Bertz CT molecular complexity index is 432. The average molecular weight is 260 g/mol. The SMILES string of the molecule is Cc1ncc(N2CCC(N)CC2)c(C2CCCC2)n1. The molecule has 2 aliphatic rings. The predicted octanol–water partition coefficient (Wildman–Crippen LogP) is 2.37. The summed E-state index contributed by atoms with van der Waals surface area (Å²) in [7, 11) is 0. The van der Waals surface area contributed by atoms with E-state index >= 15 is 0 Å². The molecule has 2 heterocycles. The fraction of sp³-hybridized carbons (Fsp3) is 0.733. The van der Waals surface area contributed by atoms with Gasteiger partial charge in [-0.3, -0.25) is 0 Å². The third kappa shape index (κ3) is 2.73. The van der Waals surface area contributed by atoms with Gasteiger partial charge in [-0.25, -0.2) is 9.97 Å². The highest BCUT2D eigenvalue weighted by molar-refractivity contribution is 5.51. The van der Waals surface area contributed by atoms with Gasteiger partial charge in [0, 0.05) is 25.0 Å². The van der Waals surface area contributed by atoms with Crippen LogP contribution in [-0.4, -0.2) is 29.1 Å². The smallest absolute Gasteiger partial charge is 0.125 e. The Morgan fingerprint density at radius 1 is 1.16 bits per heavy atom. The lowest BCUT2D eigenvalue weighted by molar-refractivity contribution is 0.498. The van der Waals surface area contributed by atoms with E-state index in [9.17, 15) is 0 Å². The van der Waals surface area contributed by atoms with E-state index in [-0.39, 0.29) is 0 Å². The fourth-order valence-corrected chi connectivity index (χ4v) is 3.36. The van der Waals surface area contributed by atoms with E-state index in [0.29, 0.717) is 12.0 Å². The molecule has 2 N–H and O–H groups in total. The number of rotatable bonds is 2. The van der Waals surface area contributed by atoms with Gasteiger partial charge in [-0.15, -0.1) is 0 Å². The van der Waals surface area contributed by atoms with Crippen LogP contribution in [0, 0.1) is 6.92 Å². The number of nitrogens with two attached hydrogens (primary N) is 1. The van der Waals surface area contributed by atoms with E-state index in [1.165, 1.54) is 37.1 Å². The number of aryl methyl sites for hydroxylation is 1. The van der Waals surface area contributed by atoms with Crippen LogP contribution in [0.1, 0.15) is 56.0 Å². The lowest BCUT2D eigenvalue weighted by atomic mass is 9.99.